The van der Waals surface area contributed by atoms with Gasteiger partial charge >= 0.3 is 6.18 Å². The van der Waals surface area contributed by atoms with E-state index < -0.39 is 18.0 Å². The van der Waals surface area contributed by atoms with E-state index in [-0.39, 0.29) is 6.42 Å². The van der Waals surface area contributed by atoms with Crippen molar-refractivity contribution in [3.05, 3.63) is 12.7 Å². The van der Waals surface area contributed by atoms with Gasteiger partial charge in [-0.2, -0.15) is 13.2 Å². The van der Waals surface area contributed by atoms with Crippen molar-refractivity contribution in [2.24, 2.45) is 11.8 Å². The van der Waals surface area contributed by atoms with Crippen LogP contribution in [0.25, 0.3) is 0 Å². The third-order valence-corrected chi connectivity index (χ3v) is 2.45. The van der Waals surface area contributed by atoms with Crippen LogP contribution in [0.4, 0.5) is 13.2 Å². The van der Waals surface area contributed by atoms with Crippen molar-refractivity contribution in [1.29, 1.82) is 0 Å². The summed E-state index contributed by atoms with van der Waals surface area (Å²) in [6.07, 6.45) is 0.826. The van der Waals surface area contributed by atoms with Gasteiger partial charge in [0.2, 0.25) is 0 Å². The molecular formula is C9H12F3. The molecule has 0 aliphatic heterocycles. The summed E-state index contributed by atoms with van der Waals surface area (Å²) in [6.45, 7) is 3.32. The Bertz CT molecular complexity index is 160. The Morgan fingerprint density at radius 3 is 2.17 bits per heavy atom. The Labute approximate surface area is 70.5 Å². The van der Waals surface area contributed by atoms with Crippen molar-refractivity contribution in [2.45, 2.75) is 31.9 Å². The Balaban J connectivity index is 2.65. The van der Waals surface area contributed by atoms with Crippen LogP contribution < -0.4 is 0 Å². The topological polar surface area (TPSA) is 0 Å². The van der Waals surface area contributed by atoms with Gasteiger partial charge in [0.25, 0.3) is 0 Å². The van der Waals surface area contributed by atoms with E-state index in [0.717, 1.165) is 6.42 Å². The van der Waals surface area contributed by atoms with Crippen LogP contribution in [0, 0.1) is 17.9 Å². The second-order valence-electron chi connectivity index (χ2n) is 3.24. The van der Waals surface area contributed by atoms with Crippen LogP contribution in [-0.2, 0) is 0 Å². The van der Waals surface area contributed by atoms with E-state index in [2.05, 4.69) is 12.7 Å². The van der Waals surface area contributed by atoms with Crippen molar-refractivity contribution >= 4 is 0 Å². The first kappa shape index (κ1) is 9.62. The molecule has 12 heavy (non-hydrogen) atoms. The molecule has 69 valence electrons. The van der Waals surface area contributed by atoms with Gasteiger partial charge in [-0.05, 0) is 24.8 Å². The van der Waals surface area contributed by atoms with E-state index in [1.54, 1.807) is 0 Å². The monoisotopic (exact) mass is 177 g/mol. The third-order valence-electron chi connectivity index (χ3n) is 2.45. The standard InChI is InChI=1S/C9H12F3/c1-2-7-5-3-4-6-8(7)9(10,11)12/h7-8H,1,3-6H2. The van der Waals surface area contributed by atoms with E-state index in [1.807, 2.05) is 0 Å². The minimum atomic E-state index is -4.06. The van der Waals surface area contributed by atoms with Crippen LogP contribution >= 0.6 is 0 Å². The molecule has 0 nitrogen and oxygen atoms in total. The number of allylic oxidation sites excluding steroid dienone is 1. The molecule has 1 aliphatic carbocycles. The predicted octanol–water partition coefficient (Wildman–Crippen LogP) is 3.34. The van der Waals surface area contributed by atoms with E-state index >= 15 is 0 Å². The average molecular weight is 177 g/mol. The van der Waals surface area contributed by atoms with Gasteiger partial charge in [0, 0.05) is 0 Å². The Hall–Kier alpha value is -0.470. The molecule has 2 unspecified atom stereocenters. The van der Waals surface area contributed by atoms with Crippen molar-refractivity contribution < 1.29 is 13.2 Å². The molecule has 0 aromatic carbocycles. The highest BCUT2D eigenvalue weighted by Gasteiger charge is 2.44. The van der Waals surface area contributed by atoms with E-state index in [1.165, 1.54) is 0 Å². The Morgan fingerprint density at radius 1 is 1.17 bits per heavy atom. The molecule has 0 saturated heterocycles. The molecule has 1 fully saturated rings. The van der Waals surface area contributed by atoms with Gasteiger partial charge in [-0.1, -0.05) is 19.4 Å². The van der Waals surface area contributed by atoms with Crippen LogP contribution in [0.1, 0.15) is 25.7 Å². The number of rotatable bonds is 1. The van der Waals surface area contributed by atoms with Crippen LogP contribution in [-0.4, -0.2) is 6.18 Å². The van der Waals surface area contributed by atoms with Crippen LogP contribution in [0.2, 0.25) is 0 Å². The maximum Gasteiger partial charge on any atom is 0.392 e. The zero-order valence-electron chi connectivity index (χ0n) is 6.82. The van der Waals surface area contributed by atoms with Crippen molar-refractivity contribution in [1.82, 2.24) is 0 Å². The fraction of sp³-hybridized carbons (Fsp3) is 0.778. The summed E-state index contributed by atoms with van der Waals surface area (Å²) in [5.41, 5.74) is 0. The molecule has 0 aromatic heterocycles. The normalized spacial score (nSPS) is 31.6. The van der Waals surface area contributed by atoms with Gasteiger partial charge in [0.1, 0.15) is 0 Å². The van der Waals surface area contributed by atoms with E-state index in [0.29, 0.717) is 12.8 Å². The molecular weight excluding hydrogens is 165 g/mol. The highest BCUT2D eigenvalue weighted by molar-refractivity contribution is 4.85. The molecule has 0 N–H and O–H groups in total. The van der Waals surface area contributed by atoms with Crippen LogP contribution in [0.5, 0.6) is 0 Å². The Morgan fingerprint density at radius 2 is 1.75 bits per heavy atom. The number of halogens is 3. The Kier molecular flexibility index (Phi) is 2.80. The lowest BCUT2D eigenvalue weighted by Gasteiger charge is -2.30. The molecule has 0 amide bonds. The van der Waals surface area contributed by atoms with Crippen LogP contribution in [0.15, 0.2) is 6.58 Å². The summed E-state index contributed by atoms with van der Waals surface area (Å²) in [6, 6.07) is 0. The second-order valence-corrected chi connectivity index (χ2v) is 3.24. The highest BCUT2D eigenvalue weighted by atomic mass is 19.4. The van der Waals surface area contributed by atoms with Gasteiger partial charge in [-0.3, -0.25) is 0 Å². The SMILES string of the molecule is C=[C]C1CCCCC1C(F)(F)F. The van der Waals surface area contributed by atoms with Crippen LogP contribution in [0.3, 0.4) is 0 Å². The molecule has 2 atom stereocenters. The van der Waals surface area contributed by atoms with Crippen molar-refractivity contribution in [2.75, 3.05) is 0 Å². The lowest BCUT2D eigenvalue weighted by molar-refractivity contribution is -0.191. The minimum absolute atomic E-state index is 0.247. The number of hydrogen-bond donors (Lipinski definition) is 0. The first-order chi connectivity index (χ1) is 5.55. The lowest BCUT2D eigenvalue weighted by Crippen LogP contribution is -2.31. The second kappa shape index (κ2) is 3.50. The minimum Gasteiger partial charge on any atom is -0.171 e. The molecule has 1 saturated carbocycles. The number of alkyl halides is 3. The van der Waals surface area contributed by atoms with Crippen molar-refractivity contribution in [3.63, 3.8) is 0 Å². The van der Waals surface area contributed by atoms with Crippen molar-refractivity contribution in [3.8, 4) is 0 Å². The first-order valence-corrected chi connectivity index (χ1v) is 4.15. The fourth-order valence-electron chi connectivity index (χ4n) is 1.77. The molecule has 0 heterocycles. The molecule has 0 aromatic rings. The van der Waals surface area contributed by atoms with Gasteiger partial charge in [0.15, 0.2) is 0 Å². The number of hydrogen-bond acceptors (Lipinski definition) is 0. The summed E-state index contributed by atoms with van der Waals surface area (Å²) in [4.78, 5) is 0. The third kappa shape index (κ3) is 2.02. The van der Waals surface area contributed by atoms with Gasteiger partial charge < -0.3 is 0 Å². The largest absolute Gasteiger partial charge is 0.392 e. The average Bonchev–Trinajstić information content (AvgIpc) is 2.03. The van der Waals surface area contributed by atoms with Gasteiger partial charge in [0.05, 0.1) is 5.92 Å². The lowest BCUT2D eigenvalue weighted by atomic mass is 9.79. The smallest absolute Gasteiger partial charge is 0.171 e. The summed E-state index contributed by atoms with van der Waals surface area (Å²) in [7, 11) is 0. The summed E-state index contributed by atoms with van der Waals surface area (Å²) in [5, 5.41) is 0. The molecule has 0 spiro atoms. The first-order valence-electron chi connectivity index (χ1n) is 4.15. The molecule has 1 rings (SSSR count). The maximum absolute atomic E-state index is 12.3. The van der Waals surface area contributed by atoms with Gasteiger partial charge in [-0.25, -0.2) is 0 Å². The highest BCUT2D eigenvalue weighted by Crippen LogP contribution is 2.41. The molecule has 1 radical (unpaired) electrons. The summed E-state index contributed by atoms with van der Waals surface area (Å²) < 4.78 is 36.9. The van der Waals surface area contributed by atoms with E-state index in [4.69, 9.17) is 0 Å². The summed E-state index contributed by atoms with van der Waals surface area (Å²) >= 11 is 0. The van der Waals surface area contributed by atoms with Gasteiger partial charge in [-0.15, -0.1) is 0 Å². The molecule has 0 bridgehead atoms. The van der Waals surface area contributed by atoms with E-state index in [9.17, 15) is 13.2 Å². The predicted molar refractivity (Wildman–Crippen MR) is 40.4 cm³/mol. The molecule has 1 aliphatic rings. The quantitative estimate of drug-likeness (QED) is 0.576. The zero-order chi connectivity index (χ0) is 9.19. The molecule has 3 heteroatoms. The fourth-order valence-corrected chi connectivity index (χ4v) is 1.77. The zero-order valence-corrected chi connectivity index (χ0v) is 6.82. The summed E-state index contributed by atoms with van der Waals surface area (Å²) in [5.74, 6) is -1.66. The maximum atomic E-state index is 12.3.